The predicted octanol–water partition coefficient (Wildman–Crippen LogP) is 6.30. The van der Waals surface area contributed by atoms with Crippen molar-refractivity contribution < 1.29 is 5.11 Å². The van der Waals surface area contributed by atoms with Gasteiger partial charge >= 0.3 is 0 Å². The lowest BCUT2D eigenvalue weighted by atomic mass is 10.1. The first kappa shape index (κ1) is 21.2. The summed E-state index contributed by atoms with van der Waals surface area (Å²) in [4.78, 5) is 0. The van der Waals surface area contributed by atoms with Crippen molar-refractivity contribution in [3.63, 3.8) is 0 Å². The minimum atomic E-state index is -0.147. The fraction of sp³-hybridized carbons (Fsp3) is 0.850. The molecule has 0 saturated carbocycles. The van der Waals surface area contributed by atoms with Crippen LogP contribution >= 0.6 is 0 Å². The van der Waals surface area contributed by atoms with Crippen LogP contribution in [0.2, 0.25) is 0 Å². The lowest BCUT2D eigenvalue weighted by molar-refractivity contribution is 0.182. The van der Waals surface area contributed by atoms with Crippen LogP contribution in [0.25, 0.3) is 0 Å². The van der Waals surface area contributed by atoms with E-state index in [2.05, 4.69) is 18.2 Å². The van der Waals surface area contributed by atoms with Crippen molar-refractivity contribution >= 4 is 0 Å². The largest absolute Gasteiger partial charge is 0.393 e. The predicted molar refractivity (Wildman–Crippen MR) is 95.7 cm³/mol. The van der Waals surface area contributed by atoms with Crippen molar-refractivity contribution in [3.05, 3.63) is 12.2 Å². The molecule has 0 rings (SSSR count). The molecule has 0 aliphatic heterocycles. The Morgan fingerprint density at radius 3 is 1.73 bits per heavy atom. The van der Waals surface area contributed by atoms with Gasteiger partial charge in [-0.2, -0.15) is 5.26 Å². The first-order valence-electron chi connectivity index (χ1n) is 9.47. The molecule has 1 unspecified atom stereocenters. The molecule has 0 saturated heterocycles. The zero-order valence-corrected chi connectivity index (χ0v) is 14.7. The van der Waals surface area contributed by atoms with E-state index in [1.807, 2.05) is 6.92 Å². The van der Waals surface area contributed by atoms with Crippen molar-refractivity contribution in [1.29, 1.82) is 5.26 Å². The van der Waals surface area contributed by atoms with Gasteiger partial charge in [-0.25, -0.2) is 0 Å². The van der Waals surface area contributed by atoms with E-state index in [4.69, 9.17) is 10.4 Å². The summed E-state index contributed by atoms with van der Waals surface area (Å²) in [6.07, 6.45) is 22.7. The molecular formula is C20H37NO. The second-order valence-electron chi connectivity index (χ2n) is 6.48. The third-order valence-electron chi connectivity index (χ3n) is 4.07. The first-order valence-corrected chi connectivity index (χ1v) is 9.47. The second kappa shape index (κ2) is 18.2. The molecule has 2 nitrogen and oxygen atoms in total. The molecule has 0 aromatic heterocycles. The Kier molecular flexibility index (Phi) is 17.6. The summed E-state index contributed by atoms with van der Waals surface area (Å²) < 4.78 is 0. The number of hydrogen-bond acceptors (Lipinski definition) is 2. The third kappa shape index (κ3) is 19.2. The van der Waals surface area contributed by atoms with Gasteiger partial charge in [-0.15, -0.1) is 0 Å². The summed E-state index contributed by atoms with van der Waals surface area (Å²) in [7, 11) is 0. The van der Waals surface area contributed by atoms with Crippen molar-refractivity contribution in [2.75, 3.05) is 0 Å². The maximum atomic E-state index is 9.14. The topological polar surface area (TPSA) is 44.0 Å². The quantitative estimate of drug-likeness (QED) is 0.268. The number of unbranched alkanes of at least 4 members (excludes halogenated alkanes) is 12. The van der Waals surface area contributed by atoms with Crippen LogP contribution in [-0.4, -0.2) is 11.2 Å². The van der Waals surface area contributed by atoms with Gasteiger partial charge in [-0.1, -0.05) is 63.5 Å². The Bertz CT molecular complexity index is 278. The highest BCUT2D eigenvalue weighted by atomic mass is 16.3. The van der Waals surface area contributed by atoms with Crippen LogP contribution in [-0.2, 0) is 0 Å². The molecule has 2 heteroatoms. The van der Waals surface area contributed by atoms with Crippen LogP contribution < -0.4 is 0 Å². The van der Waals surface area contributed by atoms with E-state index in [-0.39, 0.29) is 6.10 Å². The van der Waals surface area contributed by atoms with Crippen LogP contribution in [0.1, 0.15) is 103 Å². The summed E-state index contributed by atoms with van der Waals surface area (Å²) in [5.41, 5.74) is 0. The van der Waals surface area contributed by atoms with E-state index in [9.17, 15) is 0 Å². The highest BCUT2D eigenvalue weighted by molar-refractivity contribution is 4.81. The highest BCUT2D eigenvalue weighted by Crippen LogP contribution is 2.12. The van der Waals surface area contributed by atoms with Crippen LogP contribution in [0, 0.1) is 11.3 Å². The average molecular weight is 308 g/mol. The number of nitriles is 1. The first-order chi connectivity index (χ1) is 10.8. The number of aliphatic hydroxyl groups is 1. The van der Waals surface area contributed by atoms with Crippen LogP contribution in [0.4, 0.5) is 0 Å². The third-order valence-corrected chi connectivity index (χ3v) is 4.07. The van der Waals surface area contributed by atoms with Gasteiger partial charge < -0.3 is 5.11 Å². The molecule has 1 N–H and O–H groups in total. The summed E-state index contributed by atoms with van der Waals surface area (Å²) in [5, 5.41) is 17.6. The maximum Gasteiger partial charge on any atom is 0.0621 e. The molecule has 1 atom stereocenters. The van der Waals surface area contributed by atoms with E-state index >= 15 is 0 Å². The molecular weight excluding hydrogens is 270 g/mol. The Hall–Kier alpha value is -0.810. The molecule has 22 heavy (non-hydrogen) atoms. The summed E-state index contributed by atoms with van der Waals surface area (Å²) in [6.45, 7) is 1.86. The Labute approximate surface area is 138 Å². The smallest absolute Gasteiger partial charge is 0.0621 e. The van der Waals surface area contributed by atoms with Gasteiger partial charge in [0.1, 0.15) is 0 Å². The van der Waals surface area contributed by atoms with E-state index in [1.165, 1.54) is 64.2 Å². The number of rotatable bonds is 16. The maximum absolute atomic E-state index is 9.14. The summed E-state index contributed by atoms with van der Waals surface area (Å²) in [6, 6.07) is 2.21. The standard InChI is InChI=1S/C20H37NO/c1-20(22)18-16-14-12-10-8-6-4-2-3-5-7-9-11-13-15-17-19-21/h10,12,20,22H,2-9,11,13-18H2,1H3. The number of aliphatic hydroxyl groups excluding tert-OH is 1. The normalized spacial score (nSPS) is 12.6. The molecule has 0 aliphatic rings. The molecule has 0 amide bonds. The van der Waals surface area contributed by atoms with Gasteiger partial charge in [-0.05, 0) is 45.4 Å². The Morgan fingerprint density at radius 1 is 0.773 bits per heavy atom. The molecule has 0 aromatic carbocycles. The van der Waals surface area contributed by atoms with E-state index in [1.54, 1.807) is 0 Å². The minimum Gasteiger partial charge on any atom is -0.393 e. The minimum absolute atomic E-state index is 0.147. The number of allylic oxidation sites excluding steroid dienone is 2. The fourth-order valence-electron chi connectivity index (χ4n) is 2.65. The highest BCUT2D eigenvalue weighted by Gasteiger charge is 1.94. The molecule has 0 bridgehead atoms. The van der Waals surface area contributed by atoms with E-state index < -0.39 is 0 Å². The van der Waals surface area contributed by atoms with Gasteiger partial charge in [0, 0.05) is 6.42 Å². The molecule has 0 spiro atoms. The average Bonchev–Trinajstić information content (AvgIpc) is 2.50. The zero-order valence-electron chi connectivity index (χ0n) is 14.7. The van der Waals surface area contributed by atoms with Crippen LogP contribution in [0.5, 0.6) is 0 Å². The zero-order chi connectivity index (χ0) is 16.3. The number of hydrogen-bond donors (Lipinski definition) is 1. The van der Waals surface area contributed by atoms with Crippen LogP contribution in [0.15, 0.2) is 12.2 Å². The molecule has 0 heterocycles. The van der Waals surface area contributed by atoms with Gasteiger partial charge in [0.05, 0.1) is 12.2 Å². The van der Waals surface area contributed by atoms with Crippen molar-refractivity contribution in [2.45, 2.75) is 109 Å². The van der Waals surface area contributed by atoms with E-state index in [0.29, 0.717) is 0 Å². The fourth-order valence-corrected chi connectivity index (χ4v) is 2.65. The van der Waals surface area contributed by atoms with Gasteiger partial charge in [0.25, 0.3) is 0 Å². The second-order valence-corrected chi connectivity index (χ2v) is 6.48. The molecule has 128 valence electrons. The Morgan fingerprint density at radius 2 is 1.23 bits per heavy atom. The van der Waals surface area contributed by atoms with Crippen LogP contribution in [0.3, 0.4) is 0 Å². The van der Waals surface area contributed by atoms with Crippen molar-refractivity contribution in [1.82, 2.24) is 0 Å². The van der Waals surface area contributed by atoms with Gasteiger partial charge in [0.15, 0.2) is 0 Å². The van der Waals surface area contributed by atoms with Crippen molar-refractivity contribution in [3.8, 4) is 6.07 Å². The molecule has 0 radical (unpaired) electrons. The monoisotopic (exact) mass is 307 g/mol. The molecule has 0 fully saturated rings. The SMILES string of the molecule is CC(O)CCCC=CCCCCCCCCCCCCC#N. The lowest BCUT2D eigenvalue weighted by Crippen LogP contribution is -1.97. The summed E-state index contributed by atoms with van der Waals surface area (Å²) in [5.74, 6) is 0. The molecule has 0 aromatic rings. The summed E-state index contributed by atoms with van der Waals surface area (Å²) >= 11 is 0. The lowest BCUT2D eigenvalue weighted by Gasteiger charge is -2.02. The van der Waals surface area contributed by atoms with E-state index in [0.717, 1.165) is 32.1 Å². The molecule has 0 aliphatic carbocycles. The van der Waals surface area contributed by atoms with Crippen molar-refractivity contribution in [2.24, 2.45) is 0 Å². The van der Waals surface area contributed by atoms with Gasteiger partial charge in [-0.3, -0.25) is 0 Å². The van der Waals surface area contributed by atoms with Gasteiger partial charge in [0.2, 0.25) is 0 Å². The Balaban J connectivity index is 3.05. The number of nitrogens with zero attached hydrogens (tertiary/aromatic N) is 1.